The molecule has 0 aromatic rings. The van der Waals surface area contributed by atoms with E-state index in [1.54, 1.807) is 0 Å². The number of carboxylic acid groups (broad SMARTS) is 1. The van der Waals surface area contributed by atoms with E-state index in [-0.39, 0.29) is 5.91 Å². The summed E-state index contributed by atoms with van der Waals surface area (Å²) < 4.78 is 0. The molecule has 84 valence electrons. The van der Waals surface area contributed by atoms with E-state index in [9.17, 15) is 9.59 Å². The lowest BCUT2D eigenvalue weighted by Crippen LogP contribution is -2.22. The number of hydrogen-bond acceptors (Lipinski definition) is 2. The largest absolute Gasteiger partial charge is 0.478 e. The van der Waals surface area contributed by atoms with Gasteiger partial charge in [-0.15, -0.1) is 0 Å². The van der Waals surface area contributed by atoms with Crippen molar-refractivity contribution in [3.63, 3.8) is 0 Å². The van der Waals surface area contributed by atoms with Crippen LogP contribution in [0.25, 0.3) is 0 Å². The fourth-order valence-electron chi connectivity index (χ4n) is 1.92. The molecule has 0 unspecified atom stereocenters. The van der Waals surface area contributed by atoms with Crippen LogP contribution in [0.2, 0.25) is 0 Å². The zero-order valence-electron chi connectivity index (χ0n) is 8.74. The Labute approximate surface area is 89.4 Å². The molecule has 1 fully saturated rings. The standard InChI is InChI=1S/C11H17NO3/c13-10(12-7-6-11(14)15)8-9-4-2-1-3-5-9/h6-7,9H,1-5,8H2,(H,12,13)(H,14,15). The molecule has 4 nitrogen and oxygen atoms in total. The summed E-state index contributed by atoms with van der Waals surface area (Å²) in [6.07, 6.45) is 8.57. The zero-order valence-corrected chi connectivity index (χ0v) is 8.74. The van der Waals surface area contributed by atoms with Crippen molar-refractivity contribution in [3.8, 4) is 0 Å². The molecule has 4 heteroatoms. The molecule has 0 spiro atoms. The van der Waals surface area contributed by atoms with Gasteiger partial charge in [-0.25, -0.2) is 4.79 Å². The Hall–Kier alpha value is -1.32. The van der Waals surface area contributed by atoms with Crippen LogP contribution in [-0.4, -0.2) is 17.0 Å². The van der Waals surface area contributed by atoms with Gasteiger partial charge in [0.25, 0.3) is 0 Å². The maximum Gasteiger partial charge on any atom is 0.329 e. The smallest absolute Gasteiger partial charge is 0.329 e. The molecule has 1 amide bonds. The first kappa shape index (κ1) is 11.8. The van der Waals surface area contributed by atoms with Gasteiger partial charge in [0.1, 0.15) is 0 Å². The van der Waals surface area contributed by atoms with E-state index in [2.05, 4.69) is 5.32 Å². The molecule has 0 atom stereocenters. The van der Waals surface area contributed by atoms with Gasteiger partial charge < -0.3 is 10.4 Å². The molecule has 1 aliphatic rings. The van der Waals surface area contributed by atoms with Gasteiger partial charge in [0.05, 0.1) is 0 Å². The van der Waals surface area contributed by atoms with Crippen molar-refractivity contribution in [1.82, 2.24) is 5.32 Å². The Bertz CT molecular complexity index is 255. The fourth-order valence-corrected chi connectivity index (χ4v) is 1.92. The van der Waals surface area contributed by atoms with Crippen LogP contribution in [0.15, 0.2) is 12.3 Å². The van der Waals surface area contributed by atoms with Crippen molar-refractivity contribution < 1.29 is 14.7 Å². The topological polar surface area (TPSA) is 66.4 Å². The summed E-state index contributed by atoms with van der Waals surface area (Å²) in [6.45, 7) is 0. The summed E-state index contributed by atoms with van der Waals surface area (Å²) in [5.74, 6) is -0.649. The van der Waals surface area contributed by atoms with Crippen LogP contribution in [0.4, 0.5) is 0 Å². The quantitative estimate of drug-likeness (QED) is 0.695. The first-order chi connectivity index (χ1) is 7.18. The average Bonchev–Trinajstić information content (AvgIpc) is 2.18. The third-order valence-corrected chi connectivity index (χ3v) is 2.67. The third kappa shape index (κ3) is 5.20. The predicted molar refractivity (Wildman–Crippen MR) is 56.1 cm³/mol. The number of amides is 1. The monoisotopic (exact) mass is 211 g/mol. The molecular weight excluding hydrogens is 194 g/mol. The van der Waals surface area contributed by atoms with E-state index in [4.69, 9.17) is 5.11 Å². The lowest BCUT2D eigenvalue weighted by Gasteiger charge is -2.20. The van der Waals surface area contributed by atoms with E-state index in [1.165, 1.54) is 25.5 Å². The molecule has 0 aromatic carbocycles. The van der Waals surface area contributed by atoms with Crippen LogP contribution in [0.3, 0.4) is 0 Å². The van der Waals surface area contributed by atoms with Gasteiger partial charge in [-0.3, -0.25) is 4.79 Å². The Morgan fingerprint density at radius 3 is 2.53 bits per heavy atom. The van der Waals surface area contributed by atoms with Gasteiger partial charge in [0.2, 0.25) is 5.91 Å². The first-order valence-corrected chi connectivity index (χ1v) is 5.37. The minimum absolute atomic E-state index is 0.0839. The van der Waals surface area contributed by atoms with E-state index < -0.39 is 5.97 Å². The van der Waals surface area contributed by atoms with Crippen molar-refractivity contribution >= 4 is 11.9 Å². The Morgan fingerprint density at radius 1 is 1.27 bits per heavy atom. The molecule has 1 aliphatic carbocycles. The number of carbonyl (C=O) groups excluding carboxylic acids is 1. The summed E-state index contributed by atoms with van der Waals surface area (Å²) >= 11 is 0. The Morgan fingerprint density at radius 2 is 1.93 bits per heavy atom. The van der Waals surface area contributed by atoms with E-state index in [1.807, 2.05) is 0 Å². The summed E-state index contributed by atoms with van der Waals surface area (Å²) in [7, 11) is 0. The minimum atomic E-state index is -1.05. The lowest BCUT2D eigenvalue weighted by molar-refractivity contribution is -0.131. The van der Waals surface area contributed by atoms with E-state index in [0.717, 1.165) is 18.9 Å². The Kier molecular flexibility index (Phi) is 4.87. The van der Waals surface area contributed by atoms with Crippen LogP contribution >= 0.6 is 0 Å². The fraction of sp³-hybridized carbons (Fsp3) is 0.636. The maximum atomic E-state index is 11.3. The molecule has 0 aliphatic heterocycles. The minimum Gasteiger partial charge on any atom is -0.478 e. The molecule has 2 N–H and O–H groups in total. The molecule has 0 saturated heterocycles. The van der Waals surface area contributed by atoms with Crippen molar-refractivity contribution in [2.45, 2.75) is 38.5 Å². The van der Waals surface area contributed by atoms with Crippen LogP contribution in [0.5, 0.6) is 0 Å². The highest BCUT2D eigenvalue weighted by atomic mass is 16.4. The predicted octanol–water partition coefficient (Wildman–Crippen LogP) is 1.67. The first-order valence-electron chi connectivity index (χ1n) is 5.37. The normalized spacial score (nSPS) is 17.9. The number of hydrogen-bond donors (Lipinski definition) is 2. The van der Waals surface area contributed by atoms with Gasteiger partial charge in [-0.05, 0) is 18.8 Å². The summed E-state index contributed by atoms with van der Waals surface area (Å²) in [6, 6.07) is 0. The van der Waals surface area contributed by atoms with Crippen LogP contribution in [0.1, 0.15) is 38.5 Å². The molecule has 0 radical (unpaired) electrons. The second-order valence-corrected chi connectivity index (χ2v) is 3.95. The third-order valence-electron chi connectivity index (χ3n) is 2.67. The second kappa shape index (κ2) is 6.22. The summed E-state index contributed by atoms with van der Waals surface area (Å²) in [5.41, 5.74) is 0. The van der Waals surface area contributed by atoms with Crippen LogP contribution in [0, 0.1) is 5.92 Å². The molecule has 1 rings (SSSR count). The zero-order chi connectivity index (χ0) is 11.1. The number of rotatable bonds is 4. The molecule has 1 saturated carbocycles. The van der Waals surface area contributed by atoms with E-state index in [0.29, 0.717) is 12.3 Å². The van der Waals surface area contributed by atoms with Gasteiger partial charge in [-0.1, -0.05) is 19.3 Å². The summed E-state index contributed by atoms with van der Waals surface area (Å²) in [4.78, 5) is 21.5. The van der Waals surface area contributed by atoms with E-state index >= 15 is 0 Å². The molecule has 0 bridgehead atoms. The van der Waals surface area contributed by atoms with Gasteiger partial charge in [-0.2, -0.15) is 0 Å². The second-order valence-electron chi connectivity index (χ2n) is 3.95. The Balaban J connectivity index is 2.20. The number of aliphatic carboxylic acids is 1. The highest BCUT2D eigenvalue weighted by Crippen LogP contribution is 2.25. The number of carboxylic acids is 1. The average molecular weight is 211 g/mol. The number of nitrogens with one attached hydrogen (secondary N) is 1. The van der Waals surface area contributed by atoms with Crippen molar-refractivity contribution in [2.24, 2.45) is 5.92 Å². The highest BCUT2D eigenvalue weighted by molar-refractivity contribution is 5.82. The van der Waals surface area contributed by atoms with Gasteiger partial charge >= 0.3 is 5.97 Å². The van der Waals surface area contributed by atoms with Crippen molar-refractivity contribution in [1.29, 1.82) is 0 Å². The molecule has 0 aromatic heterocycles. The van der Waals surface area contributed by atoms with Crippen molar-refractivity contribution in [2.75, 3.05) is 0 Å². The molecule has 15 heavy (non-hydrogen) atoms. The SMILES string of the molecule is O=C(O)C=CNC(=O)CC1CCCCC1. The van der Waals surface area contributed by atoms with Gasteiger partial charge in [0.15, 0.2) is 0 Å². The molecule has 0 heterocycles. The van der Waals surface area contributed by atoms with Crippen molar-refractivity contribution in [3.05, 3.63) is 12.3 Å². The van der Waals surface area contributed by atoms with Crippen LogP contribution < -0.4 is 5.32 Å². The number of carbonyl (C=O) groups is 2. The van der Waals surface area contributed by atoms with Gasteiger partial charge in [0, 0.05) is 18.7 Å². The highest BCUT2D eigenvalue weighted by Gasteiger charge is 2.16. The maximum absolute atomic E-state index is 11.3. The van der Waals surface area contributed by atoms with Crippen LogP contribution in [-0.2, 0) is 9.59 Å². The molecular formula is C11H17NO3. The lowest BCUT2D eigenvalue weighted by atomic mass is 9.87. The summed E-state index contributed by atoms with van der Waals surface area (Å²) in [5, 5.41) is 10.8.